The Morgan fingerprint density at radius 1 is 1.00 bits per heavy atom. The van der Waals surface area contributed by atoms with E-state index < -0.39 is 0 Å². The third kappa shape index (κ3) is 4.11. The molecule has 1 saturated heterocycles. The van der Waals surface area contributed by atoms with Gasteiger partial charge >= 0.3 is 0 Å². The molecule has 0 atom stereocenters. The van der Waals surface area contributed by atoms with Gasteiger partial charge in [0.05, 0.1) is 16.1 Å². The van der Waals surface area contributed by atoms with E-state index in [0.717, 1.165) is 69.6 Å². The first-order valence-electron chi connectivity index (χ1n) is 11.1. The van der Waals surface area contributed by atoms with Crippen LogP contribution in [0.4, 0.5) is 9.52 Å². The number of rotatable bonds is 3. The first-order chi connectivity index (χ1) is 15.9. The Bertz CT molecular complexity index is 1330. The summed E-state index contributed by atoms with van der Waals surface area (Å²) in [5, 5.41) is 5.54. The lowest BCUT2D eigenvalue weighted by Gasteiger charge is -2.22. The van der Waals surface area contributed by atoms with Gasteiger partial charge in [-0.1, -0.05) is 29.0 Å². The first-order valence-corrected chi connectivity index (χ1v) is 12.0. The standard InChI is InChI=1S/C25H26FN5OS/c1-16-5-10-21(17(2)15-16)24(32)29-11-4-12-30(14-13-29)25-27-23-22(33-25)18(3)28-31(23)20-8-6-19(26)7-9-20/h5-10,15H,4,11-14H2,1-3H3. The second kappa shape index (κ2) is 8.59. The zero-order valence-electron chi connectivity index (χ0n) is 19.0. The third-order valence-electron chi connectivity index (χ3n) is 6.11. The van der Waals surface area contributed by atoms with Crippen LogP contribution >= 0.6 is 11.3 Å². The molecule has 0 N–H and O–H groups in total. The second-order valence-corrected chi connectivity index (χ2v) is 9.55. The maximum atomic E-state index is 13.4. The van der Waals surface area contributed by atoms with Gasteiger partial charge in [0.15, 0.2) is 10.8 Å². The Morgan fingerprint density at radius 2 is 1.79 bits per heavy atom. The molecule has 5 rings (SSSR count). The monoisotopic (exact) mass is 463 g/mol. The van der Waals surface area contributed by atoms with Crippen molar-refractivity contribution in [3.63, 3.8) is 0 Å². The summed E-state index contributed by atoms with van der Waals surface area (Å²) in [4.78, 5) is 22.3. The Hall–Kier alpha value is -3.26. The molecule has 0 aliphatic carbocycles. The summed E-state index contributed by atoms with van der Waals surface area (Å²) in [6.45, 7) is 8.97. The van der Waals surface area contributed by atoms with E-state index in [1.54, 1.807) is 28.2 Å². The van der Waals surface area contributed by atoms with Crippen LogP contribution in [-0.4, -0.2) is 51.8 Å². The minimum atomic E-state index is -0.276. The fourth-order valence-corrected chi connectivity index (χ4v) is 5.39. The maximum absolute atomic E-state index is 13.4. The molecule has 8 heteroatoms. The van der Waals surface area contributed by atoms with Crippen molar-refractivity contribution in [2.75, 3.05) is 31.1 Å². The molecule has 3 heterocycles. The van der Waals surface area contributed by atoms with Crippen molar-refractivity contribution in [1.29, 1.82) is 0 Å². The number of halogens is 1. The van der Waals surface area contributed by atoms with Gasteiger partial charge in [-0.3, -0.25) is 4.79 Å². The largest absolute Gasteiger partial charge is 0.346 e. The molecule has 0 saturated carbocycles. The molecule has 1 aliphatic heterocycles. The molecule has 1 fully saturated rings. The highest BCUT2D eigenvalue weighted by atomic mass is 32.1. The van der Waals surface area contributed by atoms with Gasteiger partial charge in [0.2, 0.25) is 0 Å². The highest BCUT2D eigenvalue weighted by Crippen LogP contribution is 2.33. The van der Waals surface area contributed by atoms with Crippen molar-refractivity contribution in [3.05, 3.63) is 70.7 Å². The molecule has 170 valence electrons. The molecule has 0 bridgehead atoms. The van der Waals surface area contributed by atoms with Crippen LogP contribution in [0, 0.1) is 26.6 Å². The van der Waals surface area contributed by atoms with Crippen LogP contribution in [-0.2, 0) is 0 Å². The Balaban J connectivity index is 1.37. The Labute approximate surface area is 196 Å². The van der Waals surface area contributed by atoms with Gasteiger partial charge in [0, 0.05) is 31.7 Å². The summed E-state index contributed by atoms with van der Waals surface area (Å²) >= 11 is 1.62. The van der Waals surface area contributed by atoms with Gasteiger partial charge in [-0.15, -0.1) is 0 Å². The van der Waals surface area contributed by atoms with Crippen molar-refractivity contribution < 1.29 is 9.18 Å². The smallest absolute Gasteiger partial charge is 0.254 e. The summed E-state index contributed by atoms with van der Waals surface area (Å²) in [5.74, 6) is -0.177. The number of carbonyl (C=O) groups excluding carboxylic acids is 1. The number of aromatic nitrogens is 3. The predicted octanol–water partition coefficient (Wildman–Crippen LogP) is 4.90. The number of thiazole rings is 1. The van der Waals surface area contributed by atoms with Crippen molar-refractivity contribution in [1.82, 2.24) is 19.7 Å². The summed E-state index contributed by atoms with van der Waals surface area (Å²) in [6, 6.07) is 12.3. The Kier molecular flexibility index (Phi) is 5.62. The van der Waals surface area contributed by atoms with Crippen LogP contribution in [0.15, 0.2) is 42.5 Å². The van der Waals surface area contributed by atoms with Crippen LogP contribution < -0.4 is 4.90 Å². The molecule has 2 aromatic heterocycles. The van der Waals surface area contributed by atoms with Gasteiger partial charge in [-0.2, -0.15) is 10.1 Å². The molecule has 6 nitrogen and oxygen atoms in total. The van der Waals surface area contributed by atoms with Crippen molar-refractivity contribution >= 4 is 32.7 Å². The van der Waals surface area contributed by atoms with E-state index in [-0.39, 0.29) is 11.7 Å². The van der Waals surface area contributed by atoms with Gasteiger partial charge in [0.25, 0.3) is 5.91 Å². The molecule has 1 amide bonds. The number of amides is 1. The van der Waals surface area contributed by atoms with E-state index in [1.807, 2.05) is 37.8 Å². The molecule has 1 aliphatic rings. The normalized spacial score (nSPS) is 14.7. The zero-order chi connectivity index (χ0) is 23.1. The molecular weight excluding hydrogens is 437 g/mol. The minimum absolute atomic E-state index is 0.0986. The molecule has 0 spiro atoms. The molecule has 33 heavy (non-hydrogen) atoms. The van der Waals surface area contributed by atoms with E-state index in [1.165, 1.54) is 12.1 Å². The molecular formula is C25H26FN5OS. The third-order valence-corrected chi connectivity index (χ3v) is 7.33. The fraction of sp³-hybridized carbons (Fsp3) is 0.320. The van der Waals surface area contributed by atoms with Crippen LogP contribution in [0.1, 0.15) is 33.6 Å². The summed E-state index contributed by atoms with van der Waals surface area (Å²) in [5.41, 5.74) is 5.44. The van der Waals surface area contributed by atoms with Crippen LogP contribution in [0.5, 0.6) is 0 Å². The van der Waals surface area contributed by atoms with E-state index >= 15 is 0 Å². The highest BCUT2D eigenvalue weighted by Gasteiger charge is 2.24. The number of hydrogen-bond donors (Lipinski definition) is 0. The predicted molar refractivity (Wildman–Crippen MR) is 130 cm³/mol. The fourth-order valence-electron chi connectivity index (χ4n) is 4.36. The highest BCUT2D eigenvalue weighted by molar-refractivity contribution is 7.22. The topological polar surface area (TPSA) is 54.3 Å². The first kappa shape index (κ1) is 21.6. The number of anilines is 1. The Morgan fingerprint density at radius 3 is 2.55 bits per heavy atom. The number of nitrogens with zero attached hydrogens (tertiary/aromatic N) is 5. The second-order valence-electron chi connectivity index (χ2n) is 8.57. The van der Waals surface area contributed by atoms with Crippen LogP contribution in [0.2, 0.25) is 0 Å². The summed E-state index contributed by atoms with van der Waals surface area (Å²) in [7, 11) is 0. The number of aryl methyl sites for hydroxylation is 3. The van der Waals surface area contributed by atoms with Gasteiger partial charge in [-0.25, -0.2) is 9.07 Å². The lowest BCUT2D eigenvalue weighted by molar-refractivity contribution is 0.0766. The van der Waals surface area contributed by atoms with E-state index in [2.05, 4.69) is 16.1 Å². The quantitative estimate of drug-likeness (QED) is 0.434. The average Bonchev–Trinajstić information content (AvgIpc) is 3.25. The van der Waals surface area contributed by atoms with E-state index in [4.69, 9.17) is 4.98 Å². The zero-order valence-corrected chi connectivity index (χ0v) is 19.8. The average molecular weight is 464 g/mol. The maximum Gasteiger partial charge on any atom is 0.254 e. The summed E-state index contributed by atoms with van der Waals surface area (Å²) < 4.78 is 16.2. The van der Waals surface area contributed by atoms with Crippen LogP contribution in [0.25, 0.3) is 16.0 Å². The SMILES string of the molecule is Cc1ccc(C(=O)N2CCCN(c3nc4c(s3)c(C)nn4-c3ccc(F)cc3)CC2)c(C)c1. The number of benzene rings is 2. The van der Waals surface area contributed by atoms with Crippen LogP contribution in [0.3, 0.4) is 0 Å². The lowest BCUT2D eigenvalue weighted by Crippen LogP contribution is -2.35. The molecule has 0 radical (unpaired) electrons. The number of hydrogen-bond acceptors (Lipinski definition) is 5. The van der Waals surface area contributed by atoms with Crippen molar-refractivity contribution in [2.45, 2.75) is 27.2 Å². The van der Waals surface area contributed by atoms with Gasteiger partial charge < -0.3 is 9.80 Å². The number of fused-ring (bicyclic) bond motifs is 1. The number of carbonyl (C=O) groups is 1. The molecule has 4 aromatic rings. The summed E-state index contributed by atoms with van der Waals surface area (Å²) in [6.07, 6.45) is 0.885. The molecule has 0 unspecified atom stereocenters. The van der Waals surface area contributed by atoms with Gasteiger partial charge in [-0.05, 0) is 63.1 Å². The van der Waals surface area contributed by atoms with E-state index in [0.29, 0.717) is 6.54 Å². The van der Waals surface area contributed by atoms with Crippen molar-refractivity contribution in [2.24, 2.45) is 0 Å². The minimum Gasteiger partial charge on any atom is -0.346 e. The van der Waals surface area contributed by atoms with Crippen molar-refractivity contribution in [3.8, 4) is 5.69 Å². The lowest BCUT2D eigenvalue weighted by atomic mass is 10.0. The molecule has 2 aromatic carbocycles. The van der Waals surface area contributed by atoms with Gasteiger partial charge in [0.1, 0.15) is 5.82 Å². The van der Waals surface area contributed by atoms with E-state index in [9.17, 15) is 9.18 Å².